The summed E-state index contributed by atoms with van der Waals surface area (Å²) in [5, 5.41) is 2.99. The van der Waals surface area contributed by atoms with Gasteiger partial charge < -0.3 is 10.1 Å². The minimum atomic E-state index is -0.332. The maximum Gasteiger partial charge on any atom is 0.412 e. The number of amides is 1. The lowest BCUT2D eigenvalue weighted by Gasteiger charge is -2.28. The van der Waals surface area contributed by atoms with Crippen LogP contribution >= 0.6 is 0 Å². The second kappa shape index (κ2) is 5.24. The van der Waals surface area contributed by atoms with Crippen LogP contribution in [0.1, 0.15) is 32.6 Å². The van der Waals surface area contributed by atoms with Gasteiger partial charge in [-0.05, 0) is 56.1 Å². The van der Waals surface area contributed by atoms with E-state index in [1.807, 2.05) is 18.2 Å². The molecule has 2 aliphatic rings. The van der Waals surface area contributed by atoms with Crippen molar-refractivity contribution in [1.29, 1.82) is 0 Å². The van der Waals surface area contributed by atoms with Crippen molar-refractivity contribution in [2.45, 2.75) is 38.6 Å². The number of carbonyl (C=O) groups excluding carboxylic acids is 1. The van der Waals surface area contributed by atoms with Gasteiger partial charge in [0.1, 0.15) is 5.75 Å². The molecule has 0 aliphatic heterocycles. The Balaban J connectivity index is 1.52. The number of ether oxygens (including phenoxy) is 1. The van der Waals surface area contributed by atoms with E-state index in [0.717, 1.165) is 11.8 Å². The molecule has 2 aliphatic carbocycles. The third-order valence-electron chi connectivity index (χ3n) is 4.73. The summed E-state index contributed by atoms with van der Waals surface area (Å²) in [7, 11) is 0. The fourth-order valence-corrected chi connectivity index (χ4v) is 3.82. The normalized spacial score (nSPS) is 30.1. The number of carbonyl (C=O) groups is 1. The fraction of sp³-hybridized carbons (Fsp3) is 0.562. The first-order chi connectivity index (χ1) is 9.22. The largest absolute Gasteiger partial charge is 0.412 e. The van der Waals surface area contributed by atoms with Gasteiger partial charge in [0.2, 0.25) is 0 Å². The first kappa shape index (κ1) is 12.5. The van der Waals surface area contributed by atoms with E-state index in [0.29, 0.717) is 11.7 Å². The fourth-order valence-electron chi connectivity index (χ4n) is 3.82. The van der Waals surface area contributed by atoms with Gasteiger partial charge in [0.15, 0.2) is 0 Å². The van der Waals surface area contributed by atoms with Crippen molar-refractivity contribution in [3.63, 3.8) is 0 Å². The van der Waals surface area contributed by atoms with E-state index in [9.17, 15) is 4.79 Å². The molecule has 0 aromatic heterocycles. The van der Waals surface area contributed by atoms with Gasteiger partial charge in [-0.1, -0.05) is 24.6 Å². The average molecular weight is 259 g/mol. The Labute approximate surface area is 114 Å². The first-order valence-electron chi connectivity index (χ1n) is 7.26. The standard InChI is InChI=1S/C16H21NO2/c1-11(15-10-12-7-8-13(15)9-12)17-16(18)19-14-5-3-2-4-6-14/h2-6,11-13,15H,7-10H2,1H3,(H,17,18). The Morgan fingerprint density at radius 2 is 2.05 bits per heavy atom. The minimum Gasteiger partial charge on any atom is -0.410 e. The van der Waals surface area contributed by atoms with Gasteiger partial charge in [0.25, 0.3) is 0 Å². The lowest BCUT2D eigenvalue weighted by Crippen LogP contribution is -2.41. The molecule has 102 valence electrons. The number of hydrogen-bond acceptors (Lipinski definition) is 2. The van der Waals surface area contributed by atoms with Crippen LogP contribution < -0.4 is 10.1 Å². The van der Waals surface area contributed by atoms with Gasteiger partial charge in [-0.15, -0.1) is 0 Å². The Hall–Kier alpha value is -1.51. The van der Waals surface area contributed by atoms with E-state index < -0.39 is 0 Å². The molecule has 1 N–H and O–H groups in total. The molecule has 1 aromatic carbocycles. The van der Waals surface area contributed by atoms with Gasteiger partial charge in [0, 0.05) is 6.04 Å². The number of nitrogens with one attached hydrogen (secondary N) is 1. The summed E-state index contributed by atoms with van der Waals surface area (Å²) < 4.78 is 5.27. The van der Waals surface area contributed by atoms with E-state index in [1.54, 1.807) is 12.1 Å². The van der Waals surface area contributed by atoms with Gasteiger partial charge in [-0.2, -0.15) is 0 Å². The molecule has 1 amide bonds. The molecule has 2 fully saturated rings. The van der Waals surface area contributed by atoms with Crippen LogP contribution in [0.3, 0.4) is 0 Å². The molecular formula is C16H21NO2. The summed E-state index contributed by atoms with van der Waals surface area (Å²) in [6.45, 7) is 2.11. The highest BCUT2D eigenvalue weighted by Crippen LogP contribution is 2.49. The van der Waals surface area contributed by atoms with Crippen LogP contribution in [-0.2, 0) is 0 Å². The zero-order chi connectivity index (χ0) is 13.2. The second-order valence-corrected chi connectivity index (χ2v) is 5.97. The van der Waals surface area contributed by atoms with Gasteiger partial charge in [-0.3, -0.25) is 0 Å². The van der Waals surface area contributed by atoms with E-state index in [1.165, 1.54) is 25.7 Å². The molecule has 2 saturated carbocycles. The summed E-state index contributed by atoms with van der Waals surface area (Å²) >= 11 is 0. The van der Waals surface area contributed by atoms with Crippen LogP contribution in [-0.4, -0.2) is 12.1 Å². The minimum absolute atomic E-state index is 0.214. The van der Waals surface area contributed by atoms with Crippen LogP contribution in [0.15, 0.2) is 30.3 Å². The average Bonchev–Trinajstić information content (AvgIpc) is 3.02. The highest BCUT2D eigenvalue weighted by molar-refractivity contribution is 5.70. The molecule has 4 unspecified atom stereocenters. The van der Waals surface area contributed by atoms with Crippen molar-refractivity contribution in [3.8, 4) is 5.75 Å². The lowest BCUT2D eigenvalue weighted by molar-refractivity contribution is 0.184. The van der Waals surface area contributed by atoms with Crippen molar-refractivity contribution in [2.75, 3.05) is 0 Å². The van der Waals surface area contributed by atoms with Crippen molar-refractivity contribution < 1.29 is 9.53 Å². The predicted molar refractivity (Wildman–Crippen MR) is 74.0 cm³/mol. The van der Waals surface area contributed by atoms with Crippen molar-refractivity contribution in [1.82, 2.24) is 5.32 Å². The number of para-hydroxylation sites is 1. The monoisotopic (exact) mass is 259 g/mol. The van der Waals surface area contributed by atoms with Gasteiger partial charge >= 0.3 is 6.09 Å². The van der Waals surface area contributed by atoms with Crippen molar-refractivity contribution in [2.24, 2.45) is 17.8 Å². The first-order valence-corrected chi connectivity index (χ1v) is 7.26. The Kier molecular flexibility index (Phi) is 3.45. The number of benzene rings is 1. The Bertz CT molecular complexity index is 445. The summed E-state index contributed by atoms with van der Waals surface area (Å²) in [6, 6.07) is 9.43. The molecule has 3 nitrogen and oxygen atoms in total. The van der Waals surface area contributed by atoms with Crippen LogP contribution in [0.5, 0.6) is 5.75 Å². The zero-order valence-corrected chi connectivity index (χ0v) is 11.3. The molecule has 3 heteroatoms. The van der Waals surface area contributed by atoms with Crippen LogP contribution in [0, 0.1) is 17.8 Å². The summed E-state index contributed by atoms with van der Waals surface area (Å²) in [5.41, 5.74) is 0. The SMILES string of the molecule is CC(NC(=O)Oc1ccccc1)C1CC2CCC1C2. The summed E-state index contributed by atoms with van der Waals surface area (Å²) in [4.78, 5) is 11.9. The smallest absolute Gasteiger partial charge is 0.410 e. The van der Waals surface area contributed by atoms with Crippen LogP contribution in [0.25, 0.3) is 0 Å². The van der Waals surface area contributed by atoms with Gasteiger partial charge in [-0.25, -0.2) is 4.79 Å². The molecule has 0 spiro atoms. The topological polar surface area (TPSA) is 38.3 Å². The summed E-state index contributed by atoms with van der Waals surface area (Å²) in [5.74, 6) is 2.96. The molecule has 0 radical (unpaired) electrons. The molecule has 0 saturated heterocycles. The van der Waals surface area contributed by atoms with E-state index in [4.69, 9.17) is 4.74 Å². The highest BCUT2D eigenvalue weighted by Gasteiger charge is 2.42. The Morgan fingerprint density at radius 3 is 2.68 bits per heavy atom. The molecular weight excluding hydrogens is 238 g/mol. The maximum absolute atomic E-state index is 11.9. The molecule has 2 bridgehead atoms. The predicted octanol–water partition coefficient (Wildman–Crippen LogP) is 3.60. The third kappa shape index (κ3) is 2.75. The van der Waals surface area contributed by atoms with Gasteiger partial charge in [0.05, 0.1) is 0 Å². The molecule has 0 heterocycles. The number of hydrogen-bond donors (Lipinski definition) is 1. The second-order valence-electron chi connectivity index (χ2n) is 5.97. The molecule has 3 rings (SSSR count). The lowest BCUT2D eigenvalue weighted by atomic mass is 9.84. The van der Waals surface area contributed by atoms with Crippen molar-refractivity contribution in [3.05, 3.63) is 30.3 Å². The highest BCUT2D eigenvalue weighted by atomic mass is 16.6. The van der Waals surface area contributed by atoms with E-state index >= 15 is 0 Å². The molecule has 4 atom stereocenters. The quantitative estimate of drug-likeness (QED) is 0.900. The number of fused-ring (bicyclic) bond motifs is 2. The molecule has 19 heavy (non-hydrogen) atoms. The van der Waals surface area contributed by atoms with E-state index in [-0.39, 0.29) is 12.1 Å². The number of rotatable bonds is 3. The van der Waals surface area contributed by atoms with Crippen LogP contribution in [0.2, 0.25) is 0 Å². The maximum atomic E-state index is 11.9. The van der Waals surface area contributed by atoms with Crippen LogP contribution in [0.4, 0.5) is 4.79 Å². The molecule has 1 aromatic rings. The Morgan fingerprint density at radius 1 is 1.26 bits per heavy atom. The van der Waals surface area contributed by atoms with E-state index in [2.05, 4.69) is 12.2 Å². The third-order valence-corrected chi connectivity index (χ3v) is 4.73. The van der Waals surface area contributed by atoms with Crippen molar-refractivity contribution >= 4 is 6.09 Å². The summed E-state index contributed by atoms with van der Waals surface area (Å²) in [6.07, 6.45) is 5.04. The zero-order valence-electron chi connectivity index (χ0n) is 11.3.